The molecule has 0 amide bonds. The zero-order valence-corrected chi connectivity index (χ0v) is 10.7. The van der Waals surface area contributed by atoms with E-state index in [4.69, 9.17) is 10.2 Å². The van der Waals surface area contributed by atoms with Crippen LogP contribution in [0.3, 0.4) is 0 Å². The van der Waals surface area contributed by atoms with Gasteiger partial charge in [-0.3, -0.25) is 4.98 Å². The van der Waals surface area contributed by atoms with E-state index in [0.717, 1.165) is 0 Å². The number of aromatic carboxylic acids is 1. The number of aromatic hydroxyl groups is 1. The number of thiophene rings is 1. The summed E-state index contributed by atoms with van der Waals surface area (Å²) in [5.41, 5.74) is -0.0671. The Morgan fingerprint density at radius 2 is 1.95 bits per heavy atom. The molecule has 5 heteroatoms. The number of benzene rings is 1. The molecule has 0 saturated carbocycles. The van der Waals surface area contributed by atoms with Gasteiger partial charge < -0.3 is 10.2 Å². The SMILES string of the molecule is O=C(O)c1ccccc1O.c1cc2ccsc2cn1. The third-order valence-corrected chi connectivity index (χ3v) is 3.26. The molecule has 0 bridgehead atoms. The smallest absolute Gasteiger partial charge is 0.339 e. The number of fused-ring (bicyclic) bond motifs is 1. The van der Waals surface area contributed by atoms with Crippen molar-refractivity contribution in [1.82, 2.24) is 4.98 Å². The second kappa shape index (κ2) is 5.97. The fraction of sp³-hybridized carbons (Fsp3) is 0. The van der Waals surface area contributed by atoms with Crippen LogP contribution in [0.1, 0.15) is 10.4 Å². The maximum atomic E-state index is 10.3. The number of aromatic nitrogens is 1. The summed E-state index contributed by atoms with van der Waals surface area (Å²) in [4.78, 5) is 14.3. The summed E-state index contributed by atoms with van der Waals surface area (Å²) in [5, 5.41) is 20.7. The fourth-order valence-corrected chi connectivity index (χ4v) is 2.22. The van der Waals surface area contributed by atoms with Gasteiger partial charge in [-0.05, 0) is 35.0 Å². The number of carboxylic acids is 1. The monoisotopic (exact) mass is 273 g/mol. The first-order chi connectivity index (χ1) is 9.18. The van der Waals surface area contributed by atoms with E-state index < -0.39 is 5.97 Å². The highest BCUT2D eigenvalue weighted by molar-refractivity contribution is 7.17. The van der Waals surface area contributed by atoms with Crippen LogP contribution < -0.4 is 0 Å². The van der Waals surface area contributed by atoms with E-state index in [1.165, 1.54) is 22.2 Å². The molecule has 0 atom stereocenters. The zero-order chi connectivity index (χ0) is 13.7. The van der Waals surface area contributed by atoms with Crippen LogP contribution in [0.4, 0.5) is 0 Å². The normalized spacial score (nSPS) is 9.68. The molecular formula is C14H11NO3S. The standard InChI is InChI=1S/C7H5NS.C7H6O3/c1-3-8-5-7-6(1)2-4-9-7;8-6-4-2-1-3-5(6)7(9)10/h1-5H;1-4,8H,(H,9,10). The summed E-state index contributed by atoms with van der Waals surface area (Å²) in [7, 11) is 0. The molecule has 0 aliphatic rings. The summed E-state index contributed by atoms with van der Waals surface area (Å²) in [6.07, 6.45) is 3.70. The first-order valence-corrected chi connectivity index (χ1v) is 6.35. The van der Waals surface area contributed by atoms with Gasteiger partial charge in [0.15, 0.2) is 0 Å². The molecule has 0 aliphatic heterocycles. The van der Waals surface area contributed by atoms with Crippen molar-refractivity contribution in [3.8, 4) is 5.75 Å². The van der Waals surface area contributed by atoms with E-state index >= 15 is 0 Å². The quantitative estimate of drug-likeness (QED) is 0.713. The topological polar surface area (TPSA) is 70.4 Å². The lowest BCUT2D eigenvalue weighted by atomic mass is 10.2. The van der Waals surface area contributed by atoms with E-state index in [1.807, 2.05) is 18.5 Å². The molecule has 0 unspecified atom stereocenters. The van der Waals surface area contributed by atoms with E-state index in [9.17, 15) is 4.79 Å². The van der Waals surface area contributed by atoms with Crippen LogP contribution in [0.2, 0.25) is 0 Å². The highest BCUT2D eigenvalue weighted by Gasteiger charge is 2.05. The van der Waals surface area contributed by atoms with Crippen LogP contribution in [0.5, 0.6) is 5.75 Å². The van der Waals surface area contributed by atoms with Crippen molar-refractivity contribution in [2.75, 3.05) is 0 Å². The van der Waals surface area contributed by atoms with Crippen molar-refractivity contribution in [3.05, 3.63) is 59.7 Å². The van der Waals surface area contributed by atoms with Gasteiger partial charge in [0, 0.05) is 12.4 Å². The van der Waals surface area contributed by atoms with Crippen molar-refractivity contribution < 1.29 is 15.0 Å². The number of hydrogen-bond acceptors (Lipinski definition) is 4. The average Bonchev–Trinajstić information content (AvgIpc) is 2.88. The molecule has 2 heterocycles. The number of carboxylic acid groups (broad SMARTS) is 1. The number of nitrogens with zero attached hydrogens (tertiary/aromatic N) is 1. The highest BCUT2D eigenvalue weighted by atomic mass is 32.1. The van der Waals surface area contributed by atoms with Gasteiger partial charge in [-0.15, -0.1) is 11.3 Å². The predicted octanol–water partition coefficient (Wildman–Crippen LogP) is 3.39. The number of hydrogen-bond donors (Lipinski definition) is 2. The van der Waals surface area contributed by atoms with E-state index in [2.05, 4.69) is 16.4 Å². The maximum Gasteiger partial charge on any atom is 0.339 e. The summed E-state index contributed by atoms with van der Waals surface area (Å²) in [6.45, 7) is 0. The zero-order valence-electron chi connectivity index (χ0n) is 9.85. The lowest BCUT2D eigenvalue weighted by molar-refractivity contribution is 0.0694. The second-order valence-electron chi connectivity index (χ2n) is 3.66. The Morgan fingerprint density at radius 3 is 2.58 bits per heavy atom. The van der Waals surface area contributed by atoms with Gasteiger partial charge >= 0.3 is 5.97 Å². The molecule has 0 saturated heterocycles. The Labute approximate surface area is 113 Å². The second-order valence-corrected chi connectivity index (χ2v) is 4.60. The van der Waals surface area contributed by atoms with Crippen molar-refractivity contribution in [2.45, 2.75) is 0 Å². The Kier molecular flexibility index (Phi) is 4.10. The lowest BCUT2D eigenvalue weighted by Crippen LogP contribution is -1.95. The van der Waals surface area contributed by atoms with Crippen LogP contribution in [-0.4, -0.2) is 21.2 Å². The minimum Gasteiger partial charge on any atom is -0.507 e. The lowest BCUT2D eigenvalue weighted by Gasteiger charge is -1.95. The van der Waals surface area contributed by atoms with Gasteiger partial charge in [-0.25, -0.2) is 4.79 Å². The molecule has 2 N–H and O–H groups in total. The Bertz CT molecular complexity index is 663. The number of rotatable bonds is 1. The average molecular weight is 273 g/mol. The van der Waals surface area contributed by atoms with Gasteiger partial charge in [-0.1, -0.05) is 12.1 Å². The molecule has 0 radical (unpaired) electrons. The van der Waals surface area contributed by atoms with Crippen LogP contribution in [-0.2, 0) is 0 Å². The Morgan fingerprint density at radius 1 is 1.16 bits per heavy atom. The van der Waals surface area contributed by atoms with E-state index in [-0.39, 0.29) is 11.3 Å². The molecule has 19 heavy (non-hydrogen) atoms. The summed E-state index contributed by atoms with van der Waals surface area (Å²) < 4.78 is 1.26. The molecule has 3 aromatic rings. The van der Waals surface area contributed by atoms with Gasteiger partial charge in [0.25, 0.3) is 0 Å². The number of phenols is 1. The van der Waals surface area contributed by atoms with Gasteiger partial charge in [0.2, 0.25) is 0 Å². The summed E-state index contributed by atoms with van der Waals surface area (Å²) in [6, 6.07) is 9.93. The number of pyridine rings is 1. The minimum atomic E-state index is -1.11. The molecule has 0 spiro atoms. The molecule has 1 aromatic carbocycles. The molecule has 0 fully saturated rings. The first kappa shape index (κ1) is 13.0. The molecular weight excluding hydrogens is 262 g/mol. The molecule has 3 rings (SSSR count). The third-order valence-electron chi connectivity index (χ3n) is 2.39. The van der Waals surface area contributed by atoms with Crippen LogP contribution in [0.25, 0.3) is 10.1 Å². The highest BCUT2D eigenvalue weighted by Crippen LogP contribution is 2.17. The Balaban J connectivity index is 0.000000141. The van der Waals surface area contributed by atoms with E-state index in [1.54, 1.807) is 23.5 Å². The minimum absolute atomic E-state index is 0.0671. The number of para-hydroxylation sites is 1. The third kappa shape index (κ3) is 3.29. The van der Waals surface area contributed by atoms with Gasteiger partial charge in [-0.2, -0.15) is 0 Å². The van der Waals surface area contributed by atoms with Crippen molar-refractivity contribution in [3.63, 3.8) is 0 Å². The summed E-state index contributed by atoms with van der Waals surface area (Å²) >= 11 is 1.72. The van der Waals surface area contributed by atoms with Crippen LogP contribution in [0.15, 0.2) is 54.2 Å². The maximum absolute atomic E-state index is 10.3. The predicted molar refractivity (Wildman–Crippen MR) is 74.7 cm³/mol. The first-order valence-electron chi connectivity index (χ1n) is 5.47. The van der Waals surface area contributed by atoms with Crippen LogP contribution >= 0.6 is 11.3 Å². The van der Waals surface area contributed by atoms with E-state index in [0.29, 0.717) is 0 Å². The van der Waals surface area contributed by atoms with Crippen molar-refractivity contribution in [2.24, 2.45) is 0 Å². The van der Waals surface area contributed by atoms with Gasteiger partial charge in [0.1, 0.15) is 11.3 Å². The summed E-state index contributed by atoms with van der Waals surface area (Å²) in [5.74, 6) is -1.31. The molecule has 0 aliphatic carbocycles. The Hall–Kier alpha value is -2.40. The number of carbonyl (C=O) groups is 1. The van der Waals surface area contributed by atoms with Gasteiger partial charge in [0.05, 0.1) is 4.70 Å². The van der Waals surface area contributed by atoms with Crippen molar-refractivity contribution in [1.29, 1.82) is 0 Å². The van der Waals surface area contributed by atoms with Crippen LogP contribution in [0, 0.1) is 0 Å². The molecule has 4 nitrogen and oxygen atoms in total. The van der Waals surface area contributed by atoms with Crippen molar-refractivity contribution >= 4 is 27.4 Å². The molecule has 2 aromatic heterocycles. The largest absolute Gasteiger partial charge is 0.507 e. The fourth-order valence-electron chi connectivity index (χ4n) is 1.46. The molecule has 96 valence electrons.